The average Bonchev–Trinajstić information content (AvgIpc) is 2.87. The van der Waals surface area contributed by atoms with E-state index in [-0.39, 0.29) is 0 Å². The second kappa shape index (κ2) is 6.14. The maximum atomic E-state index is 6.94. The molecule has 0 fully saturated rings. The van der Waals surface area contributed by atoms with Gasteiger partial charge in [0.2, 0.25) is 0 Å². The van der Waals surface area contributed by atoms with Crippen molar-refractivity contribution in [3.05, 3.63) is 47.8 Å². The van der Waals surface area contributed by atoms with Gasteiger partial charge >= 0.3 is 0 Å². The minimum atomic E-state index is 0.611. The molecule has 5 heteroatoms. The molecule has 0 aliphatic carbocycles. The molecule has 19 heavy (non-hydrogen) atoms. The normalized spacial score (nSPS) is 10.6. The SMILES string of the molecule is [C-]#[N+]c1ccc(-c2ncoc2CN(C)CCN)cc1. The molecule has 1 aromatic heterocycles. The van der Waals surface area contributed by atoms with Crippen LogP contribution >= 0.6 is 0 Å². The van der Waals surface area contributed by atoms with Crippen molar-refractivity contribution in [2.45, 2.75) is 6.54 Å². The van der Waals surface area contributed by atoms with Gasteiger partial charge in [0, 0.05) is 18.7 Å². The summed E-state index contributed by atoms with van der Waals surface area (Å²) in [5, 5.41) is 0. The van der Waals surface area contributed by atoms with E-state index in [0.29, 0.717) is 18.8 Å². The Morgan fingerprint density at radius 2 is 2.11 bits per heavy atom. The lowest BCUT2D eigenvalue weighted by molar-refractivity contribution is 0.303. The average molecular weight is 256 g/mol. The molecule has 0 radical (unpaired) electrons. The Balaban J connectivity index is 2.21. The van der Waals surface area contributed by atoms with Crippen LogP contribution in [0.25, 0.3) is 16.1 Å². The first-order valence-electron chi connectivity index (χ1n) is 6.03. The lowest BCUT2D eigenvalue weighted by Gasteiger charge is -2.13. The van der Waals surface area contributed by atoms with Crippen molar-refractivity contribution in [3.63, 3.8) is 0 Å². The van der Waals surface area contributed by atoms with E-state index in [1.54, 1.807) is 12.1 Å². The molecule has 0 aliphatic heterocycles. The molecule has 98 valence electrons. The highest BCUT2D eigenvalue weighted by atomic mass is 16.3. The zero-order chi connectivity index (χ0) is 13.7. The van der Waals surface area contributed by atoms with E-state index in [4.69, 9.17) is 16.7 Å². The summed E-state index contributed by atoms with van der Waals surface area (Å²) in [6.07, 6.45) is 1.45. The van der Waals surface area contributed by atoms with Gasteiger partial charge in [0.15, 0.2) is 12.1 Å². The van der Waals surface area contributed by atoms with E-state index in [9.17, 15) is 0 Å². The van der Waals surface area contributed by atoms with Crippen molar-refractivity contribution < 1.29 is 4.42 Å². The fourth-order valence-corrected chi connectivity index (χ4v) is 1.86. The predicted octanol–water partition coefficient (Wildman–Crippen LogP) is 2.28. The molecule has 0 unspecified atom stereocenters. The standard InChI is InChI=1S/C14H16N4O/c1-16-12-5-3-11(4-6-12)14-13(19-10-17-14)9-18(2)8-7-15/h3-6,10H,7-9,15H2,2H3. The molecular weight excluding hydrogens is 240 g/mol. The summed E-state index contributed by atoms with van der Waals surface area (Å²) in [6, 6.07) is 7.34. The summed E-state index contributed by atoms with van der Waals surface area (Å²) in [4.78, 5) is 9.71. The number of aromatic nitrogens is 1. The van der Waals surface area contributed by atoms with Crippen LogP contribution in [-0.2, 0) is 6.54 Å². The number of hydrogen-bond donors (Lipinski definition) is 1. The lowest BCUT2D eigenvalue weighted by atomic mass is 10.1. The van der Waals surface area contributed by atoms with Gasteiger partial charge in [-0.2, -0.15) is 0 Å². The van der Waals surface area contributed by atoms with Crippen molar-refractivity contribution in [2.24, 2.45) is 5.73 Å². The van der Waals surface area contributed by atoms with Crippen LogP contribution in [0.5, 0.6) is 0 Å². The van der Waals surface area contributed by atoms with Gasteiger partial charge in [0.05, 0.1) is 13.1 Å². The highest BCUT2D eigenvalue weighted by Crippen LogP contribution is 2.25. The largest absolute Gasteiger partial charge is 0.446 e. The van der Waals surface area contributed by atoms with Crippen molar-refractivity contribution in [2.75, 3.05) is 20.1 Å². The zero-order valence-corrected chi connectivity index (χ0v) is 10.8. The molecule has 1 heterocycles. The Kier molecular flexibility index (Phi) is 4.29. The molecule has 0 amide bonds. The highest BCUT2D eigenvalue weighted by molar-refractivity contribution is 5.64. The van der Waals surface area contributed by atoms with Gasteiger partial charge in [-0.1, -0.05) is 24.3 Å². The monoisotopic (exact) mass is 256 g/mol. The van der Waals surface area contributed by atoms with E-state index >= 15 is 0 Å². The van der Waals surface area contributed by atoms with Gasteiger partial charge in [0.25, 0.3) is 0 Å². The van der Waals surface area contributed by atoms with Crippen molar-refractivity contribution >= 4 is 5.69 Å². The first kappa shape index (κ1) is 13.3. The number of hydrogen-bond acceptors (Lipinski definition) is 4. The molecule has 0 bridgehead atoms. The third kappa shape index (κ3) is 3.19. The summed E-state index contributed by atoms with van der Waals surface area (Å²) >= 11 is 0. The van der Waals surface area contributed by atoms with Gasteiger partial charge in [0.1, 0.15) is 11.5 Å². The van der Waals surface area contributed by atoms with Crippen molar-refractivity contribution in [1.29, 1.82) is 0 Å². The first-order chi connectivity index (χ1) is 9.24. The predicted molar refractivity (Wildman–Crippen MR) is 73.6 cm³/mol. The minimum absolute atomic E-state index is 0.611. The molecule has 2 N–H and O–H groups in total. The third-order valence-corrected chi connectivity index (χ3v) is 2.84. The Bertz CT molecular complexity index is 568. The Labute approximate surface area is 112 Å². The van der Waals surface area contributed by atoms with Crippen LogP contribution in [0.2, 0.25) is 0 Å². The van der Waals surface area contributed by atoms with Crippen LogP contribution in [0.4, 0.5) is 5.69 Å². The lowest BCUT2D eigenvalue weighted by Crippen LogP contribution is -2.25. The van der Waals surface area contributed by atoms with Crippen LogP contribution in [0.3, 0.4) is 0 Å². The fourth-order valence-electron chi connectivity index (χ4n) is 1.86. The third-order valence-electron chi connectivity index (χ3n) is 2.84. The molecule has 0 aliphatic rings. The second-order valence-corrected chi connectivity index (χ2v) is 4.31. The van der Waals surface area contributed by atoms with Gasteiger partial charge in [-0.3, -0.25) is 4.90 Å². The Hall–Kier alpha value is -2.16. The summed E-state index contributed by atoms with van der Waals surface area (Å²) in [5.41, 5.74) is 7.92. The topological polar surface area (TPSA) is 59.7 Å². The highest BCUT2D eigenvalue weighted by Gasteiger charge is 2.12. The summed E-state index contributed by atoms with van der Waals surface area (Å²) in [6.45, 7) is 9.02. The Morgan fingerprint density at radius 1 is 1.37 bits per heavy atom. The minimum Gasteiger partial charge on any atom is -0.446 e. The smallest absolute Gasteiger partial charge is 0.187 e. The van der Waals surface area contributed by atoms with E-state index in [1.165, 1.54) is 6.39 Å². The van der Waals surface area contributed by atoms with Crippen LogP contribution < -0.4 is 5.73 Å². The number of likely N-dealkylation sites (N-methyl/N-ethyl adjacent to an activating group) is 1. The molecule has 0 atom stereocenters. The Morgan fingerprint density at radius 3 is 2.74 bits per heavy atom. The second-order valence-electron chi connectivity index (χ2n) is 4.31. The molecule has 5 nitrogen and oxygen atoms in total. The number of oxazole rings is 1. The summed E-state index contributed by atoms with van der Waals surface area (Å²) < 4.78 is 5.44. The van der Waals surface area contributed by atoms with E-state index in [2.05, 4.69) is 14.7 Å². The number of benzene rings is 1. The van der Waals surface area contributed by atoms with Crippen molar-refractivity contribution in [1.82, 2.24) is 9.88 Å². The fraction of sp³-hybridized carbons (Fsp3) is 0.286. The molecular formula is C14H16N4O. The number of nitrogens with two attached hydrogens (primary N) is 1. The summed E-state index contributed by atoms with van der Waals surface area (Å²) in [7, 11) is 1.99. The molecule has 2 aromatic rings. The molecule has 0 saturated carbocycles. The van der Waals surface area contributed by atoms with Crippen LogP contribution in [0.15, 0.2) is 35.1 Å². The van der Waals surface area contributed by atoms with E-state index in [0.717, 1.165) is 23.6 Å². The molecule has 0 spiro atoms. The maximum absolute atomic E-state index is 6.94. The van der Waals surface area contributed by atoms with Gasteiger partial charge < -0.3 is 10.2 Å². The van der Waals surface area contributed by atoms with Gasteiger partial charge in [-0.15, -0.1) is 0 Å². The van der Waals surface area contributed by atoms with Crippen molar-refractivity contribution in [3.8, 4) is 11.3 Å². The number of nitrogens with zero attached hydrogens (tertiary/aromatic N) is 3. The van der Waals surface area contributed by atoms with E-state index < -0.39 is 0 Å². The van der Waals surface area contributed by atoms with E-state index in [1.807, 2.05) is 19.2 Å². The molecule has 1 aromatic carbocycles. The molecule has 2 rings (SSSR count). The zero-order valence-electron chi connectivity index (χ0n) is 10.8. The first-order valence-corrected chi connectivity index (χ1v) is 6.03. The van der Waals surface area contributed by atoms with Crippen LogP contribution in [0, 0.1) is 6.57 Å². The maximum Gasteiger partial charge on any atom is 0.187 e. The van der Waals surface area contributed by atoms with Crippen LogP contribution in [-0.4, -0.2) is 30.0 Å². The quantitative estimate of drug-likeness (QED) is 0.834. The number of rotatable bonds is 5. The van der Waals surface area contributed by atoms with Gasteiger partial charge in [-0.25, -0.2) is 9.83 Å². The summed E-state index contributed by atoms with van der Waals surface area (Å²) in [5.74, 6) is 0.812. The molecule has 0 saturated heterocycles. The van der Waals surface area contributed by atoms with Crippen LogP contribution in [0.1, 0.15) is 5.76 Å². The van der Waals surface area contributed by atoms with Gasteiger partial charge in [-0.05, 0) is 7.05 Å².